The normalized spacial score (nSPS) is 16.6. The predicted molar refractivity (Wildman–Crippen MR) is 93.8 cm³/mol. The molecular weight excluding hydrogens is 342 g/mol. The van der Waals surface area contributed by atoms with Crippen LogP contribution in [0.5, 0.6) is 0 Å². The smallest absolute Gasteiger partial charge is 0.323 e. The summed E-state index contributed by atoms with van der Waals surface area (Å²) in [5.41, 5.74) is 3.92. The zero-order valence-electron chi connectivity index (χ0n) is 13.3. The van der Waals surface area contributed by atoms with Gasteiger partial charge >= 0.3 is 5.97 Å². The van der Waals surface area contributed by atoms with Crippen molar-refractivity contribution in [3.05, 3.63) is 47.0 Å². The van der Waals surface area contributed by atoms with E-state index in [9.17, 15) is 9.90 Å². The number of nitrogens with one attached hydrogen (secondary N) is 1. The van der Waals surface area contributed by atoms with Crippen molar-refractivity contribution in [1.82, 2.24) is 19.5 Å². The molecule has 0 saturated heterocycles. The number of aromatic nitrogens is 4. The van der Waals surface area contributed by atoms with Crippen LogP contribution in [0.1, 0.15) is 17.7 Å². The Morgan fingerprint density at radius 1 is 1.36 bits per heavy atom. The van der Waals surface area contributed by atoms with E-state index in [-0.39, 0.29) is 12.6 Å². The predicted octanol–water partition coefficient (Wildman–Crippen LogP) is 2.53. The molecule has 0 fully saturated rings. The summed E-state index contributed by atoms with van der Waals surface area (Å²) >= 11 is 5.82. The van der Waals surface area contributed by atoms with Gasteiger partial charge in [-0.2, -0.15) is 0 Å². The lowest BCUT2D eigenvalue weighted by Gasteiger charge is -2.24. The number of anilines is 1. The van der Waals surface area contributed by atoms with Crippen molar-refractivity contribution in [2.75, 3.05) is 5.32 Å². The van der Waals surface area contributed by atoms with Gasteiger partial charge in [-0.15, -0.1) is 0 Å². The third-order valence-corrected chi connectivity index (χ3v) is 4.66. The quantitative estimate of drug-likeness (QED) is 0.745. The van der Waals surface area contributed by atoms with E-state index in [1.54, 1.807) is 18.6 Å². The third-order valence-electron chi connectivity index (χ3n) is 4.46. The van der Waals surface area contributed by atoms with Gasteiger partial charge in [0.15, 0.2) is 0 Å². The number of pyridine rings is 1. The van der Waals surface area contributed by atoms with E-state index in [4.69, 9.17) is 11.6 Å². The first-order chi connectivity index (χ1) is 12.1. The van der Waals surface area contributed by atoms with Crippen molar-refractivity contribution >= 4 is 34.6 Å². The van der Waals surface area contributed by atoms with Crippen molar-refractivity contribution in [2.45, 2.75) is 31.8 Å². The van der Waals surface area contributed by atoms with Crippen LogP contribution in [0.2, 0.25) is 5.02 Å². The number of carboxylic acids is 1. The molecule has 1 aliphatic carbocycles. The first-order valence-corrected chi connectivity index (χ1v) is 8.40. The van der Waals surface area contributed by atoms with Gasteiger partial charge in [0.05, 0.1) is 28.4 Å². The highest BCUT2D eigenvalue weighted by molar-refractivity contribution is 6.30. The zero-order valence-corrected chi connectivity index (χ0v) is 14.1. The van der Waals surface area contributed by atoms with Crippen LogP contribution in [0, 0.1) is 0 Å². The Kier molecular flexibility index (Phi) is 4.01. The highest BCUT2D eigenvalue weighted by Gasteiger charge is 2.27. The summed E-state index contributed by atoms with van der Waals surface area (Å²) in [7, 11) is 0. The first-order valence-electron chi connectivity index (χ1n) is 8.02. The van der Waals surface area contributed by atoms with Gasteiger partial charge in [-0.3, -0.25) is 9.78 Å². The molecule has 0 radical (unpaired) electrons. The fraction of sp³-hybridized carbons (Fsp3) is 0.294. The van der Waals surface area contributed by atoms with Crippen LogP contribution in [-0.2, 0) is 24.2 Å². The number of nitrogens with zero attached hydrogens (tertiary/aromatic N) is 4. The molecule has 0 amide bonds. The second kappa shape index (κ2) is 6.33. The third kappa shape index (κ3) is 3.02. The summed E-state index contributed by atoms with van der Waals surface area (Å²) in [4.78, 5) is 24.1. The Labute approximate surface area is 148 Å². The summed E-state index contributed by atoms with van der Waals surface area (Å²) in [5.74, 6) is -0.307. The van der Waals surface area contributed by atoms with Crippen molar-refractivity contribution in [1.29, 1.82) is 0 Å². The Hall–Kier alpha value is -2.67. The number of hydrogen-bond acceptors (Lipinski definition) is 5. The maximum absolute atomic E-state index is 11.2. The van der Waals surface area contributed by atoms with Gasteiger partial charge in [0.25, 0.3) is 0 Å². The lowest BCUT2D eigenvalue weighted by molar-refractivity contribution is -0.137. The van der Waals surface area contributed by atoms with E-state index in [1.165, 1.54) is 0 Å². The van der Waals surface area contributed by atoms with Crippen molar-refractivity contribution in [2.24, 2.45) is 0 Å². The van der Waals surface area contributed by atoms with Gasteiger partial charge in [0.1, 0.15) is 6.54 Å². The SMILES string of the molecule is O=C(O)Cn1c2c(c3ncccc31)C[C@@H](Nc1ncc(Cl)cn1)CC2. The summed E-state index contributed by atoms with van der Waals surface area (Å²) in [6.07, 6.45) is 7.27. The molecule has 0 spiro atoms. The van der Waals surface area contributed by atoms with E-state index in [0.717, 1.165) is 41.6 Å². The molecule has 3 aromatic heterocycles. The number of aliphatic carboxylic acids is 1. The zero-order chi connectivity index (χ0) is 17.4. The first kappa shape index (κ1) is 15.8. The maximum atomic E-state index is 11.2. The molecule has 128 valence electrons. The molecule has 3 heterocycles. The molecule has 7 nitrogen and oxygen atoms in total. The number of halogens is 1. The Bertz CT molecular complexity index is 938. The summed E-state index contributed by atoms with van der Waals surface area (Å²) in [6.45, 7) is -0.0457. The molecule has 4 rings (SSSR count). The minimum Gasteiger partial charge on any atom is -0.480 e. The summed E-state index contributed by atoms with van der Waals surface area (Å²) in [6, 6.07) is 3.93. The van der Waals surface area contributed by atoms with E-state index in [1.807, 2.05) is 16.7 Å². The van der Waals surface area contributed by atoms with Crippen LogP contribution in [0.25, 0.3) is 11.0 Å². The molecule has 0 unspecified atom stereocenters. The highest BCUT2D eigenvalue weighted by Crippen LogP contribution is 2.31. The number of rotatable bonds is 4. The van der Waals surface area contributed by atoms with Crippen LogP contribution in [-0.4, -0.2) is 36.6 Å². The van der Waals surface area contributed by atoms with Gasteiger partial charge in [-0.25, -0.2) is 9.97 Å². The van der Waals surface area contributed by atoms with Gasteiger partial charge < -0.3 is 15.0 Å². The molecule has 8 heteroatoms. The van der Waals surface area contributed by atoms with Gasteiger partial charge in [-0.1, -0.05) is 11.6 Å². The number of fused-ring (bicyclic) bond motifs is 3. The highest BCUT2D eigenvalue weighted by atomic mass is 35.5. The standard InChI is InChI=1S/C17H16ClN5O2/c18-10-7-20-17(21-8-10)22-11-3-4-13-12(6-11)16-14(2-1-5-19-16)23(13)9-15(24)25/h1-2,5,7-8,11H,3-4,6,9H2,(H,24,25)(H,20,21,22)/t11-/m0/s1. The summed E-state index contributed by atoms with van der Waals surface area (Å²) in [5, 5.41) is 13.1. The molecule has 1 atom stereocenters. The van der Waals surface area contributed by atoms with E-state index >= 15 is 0 Å². The second-order valence-electron chi connectivity index (χ2n) is 6.09. The molecule has 3 aromatic rings. The van der Waals surface area contributed by atoms with E-state index in [0.29, 0.717) is 11.0 Å². The van der Waals surface area contributed by atoms with Crippen LogP contribution < -0.4 is 5.32 Å². The topological polar surface area (TPSA) is 92.9 Å². The molecule has 2 N–H and O–H groups in total. The molecule has 25 heavy (non-hydrogen) atoms. The summed E-state index contributed by atoms with van der Waals surface area (Å²) < 4.78 is 1.87. The van der Waals surface area contributed by atoms with Crippen molar-refractivity contribution < 1.29 is 9.90 Å². The molecular formula is C17H16ClN5O2. The monoisotopic (exact) mass is 357 g/mol. The lowest BCUT2D eigenvalue weighted by Crippen LogP contribution is -2.29. The maximum Gasteiger partial charge on any atom is 0.323 e. The molecule has 0 aromatic carbocycles. The fourth-order valence-corrected chi connectivity index (χ4v) is 3.56. The number of carboxylic acid groups (broad SMARTS) is 1. The second-order valence-corrected chi connectivity index (χ2v) is 6.52. The van der Waals surface area contributed by atoms with Crippen LogP contribution in [0.3, 0.4) is 0 Å². The largest absolute Gasteiger partial charge is 0.480 e. The minimum absolute atomic E-state index is 0.0457. The molecule has 1 aliphatic rings. The van der Waals surface area contributed by atoms with Crippen molar-refractivity contribution in [3.8, 4) is 0 Å². The Balaban J connectivity index is 1.66. The minimum atomic E-state index is -0.849. The Morgan fingerprint density at radius 2 is 2.16 bits per heavy atom. The number of carbonyl (C=O) groups is 1. The average molecular weight is 358 g/mol. The van der Waals surface area contributed by atoms with Gasteiger partial charge in [0, 0.05) is 23.5 Å². The van der Waals surface area contributed by atoms with E-state index in [2.05, 4.69) is 20.3 Å². The van der Waals surface area contributed by atoms with Gasteiger partial charge in [-0.05, 0) is 31.4 Å². The fourth-order valence-electron chi connectivity index (χ4n) is 3.46. The average Bonchev–Trinajstić information content (AvgIpc) is 2.90. The van der Waals surface area contributed by atoms with Crippen LogP contribution in [0.15, 0.2) is 30.7 Å². The van der Waals surface area contributed by atoms with Crippen LogP contribution in [0.4, 0.5) is 5.95 Å². The van der Waals surface area contributed by atoms with E-state index < -0.39 is 5.97 Å². The Morgan fingerprint density at radius 3 is 2.92 bits per heavy atom. The lowest BCUT2D eigenvalue weighted by atomic mass is 9.92. The van der Waals surface area contributed by atoms with Crippen LogP contribution >= 0.6 is 11.6 Å². The molecule has 0 aliphatic heterocycles. The van der Waals surface area contributed by atoms with Crippen molar-refractivity contribution in [3.63, 3.8) is 0 Å². The molecule has 0 saturated carbocycles. The number of hydrogen-bond donors (Lipinski definition) is 2. The van der Waals surface area contributed by atoms with Gasteiger partial charge in [0.2, 0.25) is 5.95 Å². The molecule has 0 bridgehead atoms.